The maximum Gasteiger partial charge on any atom is 0.250 e. The SMILES string of the molecule is CCn1cc(NC(C)c2c(C)nn(C)c2C)ccc1=O. The molecule has 0 bridgehead atoms. The van der Waals surface area contributed by atoms with Gasteiger partial charge in [-0.2, -0.15) is 5.10 Å². The van der Waals surface area contributed by atoms with Gasteiger partial charge in [0.2, 0.25) is 0 Å². The Morgan fingerprint density at radius 3 is 2.60 bits per heavy atom. The summed E-state index contributed by atoms with van der Waals surface area (Å²) in [6.07, 6.45) is 1.86. The van der Waals surface area contributed by atoms with Crippen molar-refractivity contribution < 1.29 is 0 Å². The Balaban J connectivity index is 2.27. The number of pyridine rings is 1. The minimum atomic E-state index is 0.0273. The number of nitrogens with zero attached hydrogens (tertiary/aromatic N) is 3. The first-order valence-corrected chi connectivity index (χ1v) is 6.91. The van der Waals surface area contributed by atoms with Gasteiger partial charge in [-0.05, 0) is 33.8 Å². The highest BCUT2D eigenvalue weighted by Crippen LogP contribution is 2.24. The summed E-state index contributed by atoms with van der Waals surface area (Å²) in [5.41, 5.74) is 4.38. The van der Waals surface area contributed by atoms with Gasteiger partial charge in [0.05, 0.1) is 17.4 Å². The standard InChI is InChI=1S/C15H22N4O/c1-6-19-9-13(7-8-14(19)20)16-10(2)15-11(3)17-18(5)12(15)4/h7-10,16H,6H2,1-5H3. The van der Waals surface area contributed by atoms with Crippen LogP contribution in [0.1, 0.15) is 36.8 Å². The van der Waals surface area contributed by atoms with Crippen LogP contribution in [-0.2, 0) is 13.6 Å². The molecule has 108 valence electrons. The summed E-state index contributed by atoms with van der Waals surface area (Å²) in [4.78, 5) is 11.6. The third kappa shape index (κ3) is 2.61. The molecule has 0 aromatic carbocycles. The molecule has 2 heterocycles. The van der Waals surface area contributed by atoms with Crippen molar-refractivity contribution in [3.63, 3.8) is 0 Å². The van der Waals surface area contributed by atoms with E-state index in [9.17, 15) is 4.79 Å². The molecule has 5 nitrogen and oxygen atoms in total. The Kier molecular flexibility index (Phi) is 3.97. The maximum absolute atomic E-state index is 11.6. The fourth-order valence-corrected chi connectivity index (χ4v) is 2.60. The third-order valence-electron chi connectivity index (χ3n) is 3.71. The Labute approximate surface area is 119 Å². The number of rotatable bonds is 4. The highest BCUT2D eigenvalue weighted by molar-refractivity contribution is 5.44. The Bertz CT molecular complexity index is 669. The summed E-state index contributed by atoms with van der Waals surface area (Å²) in [6.45, 7) is 8.84. The van der Waals surface area contributed by atoms with Crippen LogP contribution in [0.3, 0.4) is 0 Å². The van der Waals surface area contributed by atoms with Crippen LogP contribution < -0.4 is 10.9 Å². The number of aromatic nitrogens is 3. The molecule has 2 rings (SSSR count). The Hall–Kier alpha value is -2.04. The summed E-state index contributed by atoms with van der Waals surface area (Å²) in [5.74, 6) is 0. The Morgan fingerprint density at radius 2 is 2.05 bits per heavy atom. The van der Waals surface area contributed by atoms with E-state index in [0.29, 0.717) is 6.54 Å². The molecular formula is C15H22N4O. The third-order valence-corrected chi connectivity index (χ3v) is 3.71. The van der Waals surface area contributed by atoms with Gasteiger partial charge in [-0.1, -0.05) is 0 Å². The second-order valence-corrected chi connectivity index (χ2v) is 5.12. The molecule has 1 N–H and O–H groups in total. The normalized spacial score (nSPS) is 12.4. The van der Waals surface area contributed by atoms with Crippen molar-refractivity contribution in [1.82, 2.24) is 14.3 Å². The predicted octanol–water partition coefficient (Wildman–Crippen LogP) is 2.39. The van der Waals surface area contributed by atoms with E-state index < -0.39 is 0 Å². The molecule has 0 saturated carbocycles. The van der Waals surface area contributed by atoms with Crippen molar-refractivity contribution >= 4 is 5.69 Å². The highest BCUT2D eigenvalue weighted by atomic mass is 16.1. The van der Waals surface area contributed by atoms with Crippen molar-refractivity contribution in [3.8, 4) is 0 Å². The molecule has 0 radical (unpaired) electrons. The van der Waals surface area contributed by atoms with Crippen LogP contribution in [0, 0.1) is 13.8 Å². The van der Waals surface area contributed by atoms with Gasteiger partial charge in [0, 0.05) is 37.1 Å². The summed E-state index contributed by atoms with van der Waals surface area (Å²) in [5, 5.41) is 7.88. The molecule has 0 aliphatic rings. The van der Waals surface area contributed by atoms with Gasteiger partial charge in [0.15, 0.2) is 0 Å². The minimum absolute atomic E-state index is 0.0273. The molecule has 0 amide bonds. The van der Waals surface area contributed by atoms with Crippen LogP contribution in [0.5, 0.6) is 0 Å². The summed E-state index contributed by atoms with van der Waals surface area (Å²) in [6, 6.07) is 3.57. The molecule has 1 atom stereocenters. The van der Waals surface area contributed by atoms with Crippen molar-refractivity contribution in [3.05, 3.63) is 45.6 Å². The average Bonchev–Trinajstić information content (AvgIpc) is 2.65. The van der Waals surface area contributed by atoms with E-state index in [1.165, 1.54) is 5.56 Å². The minimum Gasteiger partial charge on any atom is -0.377 e. The van der Waals surface area contributed by atoms with Crippen molar-refractivity contribution in [2.75, 3.05) is 5.32 Å². The van der Waals surface area contributed by atoms with E-state index in [-0.39, 0.29) is 11.6 Å². The van der Waals surface area contributed by atoms with Gasteiger partial charge in [-0.3, -0.25) is 9.48 Å². The predicted molar refractivity (Wildman–Crippen MR) is 81.1 cm³/mol. The first-order valence-electron chi connectivity index (χ1n) is 6.91. The average molecular weight is 274 g/mol. The maximum atomic E-state index is 11.6. The quantitative estimate of drug-likeness (QED) is 0.931. The Morgan fingerprint density at radius 1 is 1.35 bits per heavy atom. The van der Waals surface area contributed by atoms with E-state index in [2.05, 4.69) is 24.3 Å². The van der Waals surface area contributed by atoms with Gasteiger partial charge in [0.1, 0.15) is 0 Å². The molecule has 20 heavy (non-hydrogen) atoms. The van der Waals surface area contributed by atoms with E-state index in [1.807, 2.05) is 37.8 Å². The van der Waals surface area contributed by atoms with E-state index >= 15 is 0 Å². The van der Waals surface area contributed by atoms with Gasteiger partial charge in [-0.25, -0.2) is 0 Å². The fraction of sp³-hybridized carbons (Fsp3) is 0.467. The lowest BCUT2D eigenvalue weighted by Crippen LogP contribution is -2.18. The molecular weight excluding hydrogens is 252 g/mol. The van der Waals surface area contributed by atoms with E-state index in [0.717, 1.165) is 17.1 Å². The van der Waals surface area contributed by atoms with Crippen LogP contribution in [0.2, 0.25) is 0 Å². The lowest BCUT2D eigenvalue weighted by atomic mass is 10.1. The van der Waals surface area contributed by atoms with Gasteiger partial charge in [-0.15, -0.1) is 0 Å². The lowest BCUT2D eigenvalue weighted by Gasteiger charge is -2.17. The van der Waals surface area contributed by atoms with Crippen LogP contribution >= 0.6 is 0 Å². The highest BCUT2D eigenvalue weighted by Gasteiger charge is 2.16. The summed E-state index contributed by atoms with van der Waals surface area (Å²) in [7, 11) is 1.95. The zero-order valence-corrected chi connectivity index (χ0v) is 12.8. The molecule has 0 saturated heterocycles. The number of hydrogen-bond donors (Lipinski definition) is 1. The molecule has 1 unspecified atom stereocenters. The largest absolute Gasteiger partial charge is 0.377 e. The molecule has 0 fully saturated rings. The van der Waals surface area contributed by atoms with Crippen molar-refractivity contribution in [2.45, 2.75) is 40.3 Å². The van der Waals surface area contributed by atoms with Crippen LogP contribution in [0.15, 0.2) is 23.1 Å². The second kappa shape index (κ2) is 5.53. The van der Waals surface area contributed by atoms with E-state index in [1.54, 1.807) is 10.6 Å². The molecule has 2 aromatic heterocycles. The van der Waals surface area contributed by atoms with Crippen LogP contribution in [0.4, 0.5) is 5.69 Å². The first-order chi connectivity index (χ1) is 9.43. The number of aryl methyl sites for hydroxylation is 3. The summed E-state index contributed by atoms with van der Waals surface area (Å²) < 4.78 is 3.59. The number of anilines is 1. The molecule has 0 aliphatic heterocycles. The van der Waals surface area contributed by atoms with Crippen molar-refractivity contribution in [1.29, 1.82) is 0 Å². The number of hydrogen-bond acceptors (Lipinski definition) is 3. The van der Waals surface area contributed by atoms with E-state index in [4.69, 9.17) is 0 Å². The fourth-order valence-electron chi connectivity index (χ4n) is 2.60. The van der Waals surface area contributed by atoms with Crippen molar-refractivity contribution in [2.24, 2.45) is 7.05 Å². The molecule has 5 heteroatoms. The van der Waals surface area contributed by atoms with Gasteiger partial charge in [0.25, 0.3) is 5.56 Å². The van der Waals surface area contributed by atoms with Crippen LogP contribution in [0.25, 0.3) is 0 Å². The lowest BCUT2D eigenvalue weighted by molar-refractivity contribution is 0.723. The smallest absolute Gasteiger partial charge is 0.250 e. The molecule has 2 aromatic rings. The zero-order chi connectivity index (χ0) is 14.9. The zero-order valence-electron chi connectivity index (χ0n) is 12.8. The molecule has 0 spiro atoms. The number of nitrogens with one attached hydrogen (secondary N) is 1. The second-order valence-electron chi connectivity index (χ2n) is 5.12. The summed E-state index contributed by atoms with van der Waals surface area (Å²) >= 11 is 0. The van der Waals surface area contributed by atoms with Gasteiger partial charge >= 0.3 is 0 Å². The van der Waals surface area contributed by atoms with Crippen LogP contribution in [-0.4, -0.2) is 14.3 Å². The molecule has 0 aliphatic carbocycles. The van der Waals surface area contributed by atoms with Gasteiger partial charge < -0.3 is 9.88 Å². The first kappa shape index (κ1) is 14.4. The monoisotopic (exact) mass is 274 g/mol. The topological polar surface area (TPSA) is 51.9 Å².